The van der Waals surface area contributed by atoms with Crippen LogP contribution in [0.5, 0.6) is 0 Å². The highest BCUT2D eigenvalue weighted by Crippen LogP contribution is 2.10. The van der Waals surface area contributed by atoms with Crippen molar-refractivity contribution in [3.63, 3.8) is 0 Å². The van der Waals surface area contributed by atoms with E-state index >= 15 is 0 Å². The maximum atomic E-state index is 13.6. The molecule has 1 aliphatic heterocycles. The molecule has 3 amide bonds. The number of amides is 3. The first-order valence-electron chi connectivity index (χ1n) is 16.1. The lowest BCUT2D eigenvalue weighted by molar-refractivity contribution is -0.153. The van der Waals surface area contributed by atoms with E-state index in [9.17, 15) is 28.0 Å². The summed E-state index contributed by atoms with van der Waals surface area (Å²) >= 11 is 0. The van der Waals surface area contributed by atoms with Crippen molar-refractivity contribution < 1.29 is 42.2 Å². The summed E-state index contributed by atoms with van der Waals surface area (Å²) in [6, 6.07) is 23.2. The summed E-state index contributed by atoms with van der Waals surface area (Å²) in [6.45, 7) is -2.07. The fraction of sp³-hybridized carbons (Fsp3) is 0.389. The predicted octanol–water partition coefficient (Wildman–Crippen LogP) is 2.63. The van der Waals surface area contributed by atoms with Crippen LogP contribution >= 0.6 is 0 Å². The summed E-state index contributed by atoms with van der Waals surface area (Å²) in [5.74, 6) is -2.87. The molecule has 1 aliphatic rings. The molecule has 0 aromatic heterocycles. The fourth-order valence-corrected chi connectivity index (χ4v) is 5.20. The van der Waals surface area contributed by atoms with Gasteiger partial charge in [-0.25, -0.2) is 4.79 Å². The second-order valence-electron chi connectivity index (χ2n) is 11.5. The quantitative estimate of drug-likeness (QED) is 0.175. The van der Waals surface area contributed by atoms with Crippen LogP contribution in [0.25, 0.3) is 0 Å². The number of benzene rings is 3. The average Bonchev–Trinajstić information content (AvgIpc) is 3.12. The number of carbonyl (C=O) groups is 4. The Bertz CT molecular complexity index is 1460. The van der Waals surface area contributed by atoms with Crippen molar-refractivity contribution in [2.75, 3.05) is 39.5 Å². The van der Waals surface area contributed by atoms with Crippen molar-refractivity contribution in [1.29, 1.82) is 0 Å². The zero-order chi connectivity index (χ0) is 34.8. The van der Waals surface area contributed by atoms with Gasteiger partial charge in [0.2, 0.25) is 17.7 Å². The first-order valence-corrected chi connectivity index (χ1v) is 16.1. The summed E-state index contributed by atoms with van der Waals surface area (Å²) in [7, 11) is 0. The Balaban J connectivity index is 1.48. The lowest BCUT2D eigenvalue weighted by atomic mass is 10.0. The van der Waals surface area contributed by atoms with E-state index in [0.717, 1.165) is 11.1 Å². The van der Waals surface area contributed by atoms with Crippen LogP contribution in [0.3, 0.4) is 0 Å². The number of aryl methyl sites for hydroxylation is 1. The van der Waals surface area contributed by atoms with Crippen molar-refractivity contribution in [2.24, 2.45) is 0 Å². The first-order chi connectivity index (χ1) is 23.8. The van der Waals surface area contributed by atoms with Crippen molar-refractivity contribution in [2.45, 2.75) is 50.6 Å². The van der Waals surface area contributed by atoms with Crippen LogP contribution in [-0.2, 0) is 52.8 Å². The Kier molecular flexibility index (Phi) is 15.1. The number of rotatable bonds is 18. The van der Waals surface area contributed by atoms with Gasteiger partial charge in [-0.1, -0.05) is 91.0 Å². The summed E-state index contributed by atoms with van der Waals surface area (Å²) < 4.78 is 41.6. The van der Waals surface area contributed by atoms with Gasteiger partial charge in [0, 0.05) is 19.5 Å². The molecule has 0 aliphatic carbocycles. The topological polar surface area (TPSA) is 135 Å². The zero-order valence-corrected chi connectivity index (χ0v) is 27.1. The third kappa shape index (κ3) is 13.4. The largest absolute Gasteiger partial charge is 0.459 e. The second-order valence-corrected chi connectivity index (χ2v) is 11.5. The van der Waals surface area contributed by atoms with Gasteiger partial charge in [-0.05, 0) is 29.5 Å². The first kappa shape index (κ1) is 37.1. The van der Waals surface area contributed by atoms with Crippen molar-refractivity contribution in [3.8, 4) is 0 Å². The minimum atomic E-state index is -3.23. The van der Waals surface area contributed by atoms with Crippen LogP contribution < -0.4 is 16.0 Å². The van der Waals surface area contributed by atoms with Crippen LogP contribution in [0.4, 0.5) is 8.78 Å². The fourth-order valence-electron chi connectivity index (χ4n) is 5.20. The van der Waals surface area contributed by atoms with E-state index in [1.807, 2.05) is 41.3 Å². The molecule has 13 heteroatoms. The van der Waals surface area contributed by atoms with Crippen LogP contribution in [0, 0.1) is 0 Å². The molecule has 3 aromatic rings. The van der Waals surface area contributed by atoms with Gasteiger partial charge >= 0.3 is 12.6 Å². The minimum Gasteiger partial charge on any atom is -0.459 e. The number of carbonyl (C=O) groups excluding carboxylic acids is 4. The second kappa shape index (κ2) is 19.9. The third-order valence-electron chi connectivity index (χ3n) is 7.82. The van der Waals surface area contributed by atoms with Gasteiger partial charge in [0.05, 0.1) is 26.4 Å². The minimum absolute atomic E-state index is 0.0309. The Morgan fingerprint density at radius 1 is 0.714 bits per heavy atom. The number of nitrogens with zero attached hydrogens (tertiary/aromatic N) is 1. The van der Waals surface area contributed by atoms with Crippen molar-refractivity contribution in [3.05, 3.63) is 108 Å². The Morgan fingerprint density at radius 2 is 1.27 bits per heavy atom. The molecule has 49 heavy (non-hydrogen) atoms. The summed E-state index contributed by atoms with van der Waals surface area (Å²) in [5, 5.41) is 7.78. The maximum Gasteiger partial charge on any atom is 0.345 e. The SMILES string of the molecule is O=C(CN1CCOCC1)N[C@@H](CCc1ccccc1)C(=O)N[C@@H](COC(F)F)C(=O)N[C@@H](Cc1ccccc1)C(=O)OCc1ccccc1. The number of nitrogens with one attached hydrogen (secondary N) is 3. The molecule has 11 nitrogen and oxygen atoms in total. The van der Waals surface area contributed by atoms with Gasteiger partial charge in [-0.2, -0.15) is 8.78 Å². The highest BCUT2D eigenvalue weighted by atomic mass is 19.3. The predicted molar refractivity (Wildman–Crippen MR) is 176 cm³/mol. The molecule has 1 saturated heterocycles. The van der Waals surface area contributed by atoms with Gasteiger partial charge in [0.15, 0.2) is 0 Å². The van der Waals surface area contributed by atoms with E-state index in [4.69, 9.17) is 9.47 Å². The van der Waals surface area contributed by atoms with Gasteiger partial charge in [-0.3, -0.25) is 19.3 Å². The molecular formula is C36H42F2N4O7. The highest BCUT2D eigenvalue weighted by Gasteiger charge is 2.31. The van der Waals surface area contributed by atoms with Gasteiger partial charge in [0.1, 0.15) is 24.7 Å². The van der Waals surface area contributed by atoms with Crippen LogP contribution in [0.1, 0.15) is 23.1 Å². The van der Waals surface area contributed by atoms with Crippen molar-refractivity contribution >= 4 is 23.7 Å². The van der Waals surface area contributed by atoms with E-state index in [2.05, 4.69) is 20.7 Å². The van der Waals surface area contributed by atoms with Crippen LogP contribution in [0.2, 0.25) is 0 Å². The molecule has 3 atom stereocenters. The van der Waals surface area contributed by atoms with E-state index in [1.165, 1.54) is 0 Å². The highest BCUT2D eigenvalue weighted by molar-refractivity contribution is 5.94. The number of hydrogen-bond donors (Lipinski definition) is 3. The molecule has 3 aromatic carbocycles. The average molecular weight is 681 g/mol. The van der Waals surface area contributed by atoms with E-state index in [-0.39, 0.29) is 26.0 Å². The van der Waals surface area contributed by atoms with Gasteiger partial charge in [0.25, 0.3) is 0 Å². The summed E-state index contributed by atoms with van der Waals surface area (Å²) in [5.41, 5.74) is 2.35. The van der Waals surface area contributed by atoms with Crippen LogP contribution in [0.15, 0.2) is 91.0 Å². The molecule has 0 bridgehead atoms. The molecule has 1 fully saturated rings. The van der Waals surface area contributed by atoms with E-state index in [0.29, 0.717) is 38.3 Å². The molecular weight excluding hydrogens is 638 g/mol. The Hall–Kier alpha value is -4.72. The molecule has 1 heterocycles. The number of ether oxygens (including phenoxy) is 3. The number of alkyl halides is 2. The maximum absolute atomic E-state index is 13.6. The molecule has 0 unspecified atom stereocenters. The molecule has 3 N–H and O–H groups in total. The molecule has 0 saturated carbocycles. The van der Waals surface area contributed by atoms with Gasteiger partial charge in [-0.15, -0.1) is 0 Å². The number of hydrogen-bond acceptors (Lipinski definition) is 8. The van der Waals surface area contributed by atoms with Gasteiger partial charge < -0.3 is 30.2 Å². The molecule has 0 radical (unpaired) electrons. The number of esters is 1. The molecule has 4 rings (SSSR count). The lowest BCUT2D eigenvalue weighted by Crippen LogP contribution is -2.58. The Labute approximate surface area is 284 Å². The third-order valence-corrected chi connectivity index (χ3v) is 7.82. The Morgan fingerprint density at radius 3 is 1.88 bits per heavy atom. The zero-order valence-electron chi connectivity index (χ0n) is 27.1. The standard InChI is InChI=1S/C36H42F2N4O7/c37-36(38)49-25-31(34(45)40-30(22-27-12-6-2-7-13-27)35(46)48-24-28-14-8-3-9-15-28)41-33(44)29(17-16-26-10-4-1-5-11-26)39-32(43)23-42-18-20-47-21-19-42/h1-15,29-31,36H,16-25H2,(H,39,43)(H,40,45)(H,41,44)/t29-,30-,31-/m0/s1. The van der Waals surface area contributed by atoms with Crippen LogP contribution in [-0.4, -0.2) is 92.8 Å². The summed E-state index contributed by atoms with van der Waals surface area (Å²) in [6.07, 6.45) is 0.610. The number of halogens is 2. The number of morpholine rings is 1. The van der Waals surface area contributed by atoms with E-state index in [1.54, 1.807) is 54.6 Å². The van der Waals surface area contributed by atoms with E-state index < -0.39 is 55.0 Å². The van der Waals surface area contributed by atoms with Crippen molar-refractivity contribution in [1.82, 2.24) is 20.9 Å². The molecule has 262 valence electrons. The normalized spacial score (nSPS) is 15.1. The monoisotopic (exact) mass is 680 g/mol. The smallest absolute Gasteiger partial charge is 0.345 e. The summed E-state index contributed by atoms with van der Waals surface area (Å²) in [4.78, 5) is 55.4. The molecule has 0 spiro atoms. The lowest BCUT2D eigenvalue weighted by Gasteiger charge is -2.28.